The van der Waals surface area contributed by atoms with Crippen LogP contribution in [-0.4, -0.2) is 74.6 Å². The molecule has 50 heavy (non-hydrogen) atoms. The molecule has 5 aromatic rings. The molecule has 7 rings (SSSR count). The molecule has 0 amide bonds. The standard InChI is InChI=1S/C36H40F2N8O4/c1-25(2)26(3)46-35(47)45(24-41-46)30-7-5-28(6-8-30)42-14-16-43(17-15-42)29-9-11-31(12-10-29)48-19-32-20-49-36(50-32,21-44-23-39-22-40-44)33-13-4-27(37)18-34(33)38/h4-13,18,22-26,32H,14-17,19-21H2,1-3H3/t26?,32-,36-/m1/s1. The molecule has 14 heteroatoms. The van der Waals surface area contributed by atoms with Gasteiger partial charge in [-0.25, -0.2) is 32.5 Å². The Morgan fingerprint density at radius 3 is 2.16 bits per heavy atom. The van der Waals surface area contributed by atoms with Gasteiger partial charge in [-0.15, -0.1) is 0 Å². The van der Waals surface area contributed by atoms with Gasteiger partial charge in [-0.1, -0.05) is 13.8 Å². The molecular formula is C36H40F2N8O4. The lowest BCUT2D eigenvalue weighted by molar-refractivity contribution is -0.192. The summed E-state index contributed by atoms with van der Waals surface area (Å²) in [4.78, 5) is 21.6. The minimum Gasteiger partial charge on any atom is -0.491 e. The van der Waals surface area contributed by atoms with E-state index in [1.54, 1.807) is 15.6 Å². The Balaban J connectivity index is 0.924. The van der Waals surface area contributed by atoms with Gasteiger partial charge in [0.05, 0.1) is 18.3 Å². The summed E-state index contributed by atoms with van der Waals surface area (Å²) in [5.74, 6) is -1.99. The quantitative estimate of drug-likeness (QED) is 0.194. The Morgan fingerprint density at radius 2 is 1.54 bits per heavy atom. The number of aromatic nitrogens is 6. The summed E-state index contributed by atoms with van der Waals surface area (Å²) in [5, 5.41) is 8.44. The molecule has 0 spiro atoms. The van der Waals surface area contributed by atoms with Crippen LogP contribution in [0.5, 0.6) is 5.75 Å². The highest BCUT2D eigenvalue weighted by atomic mass is 19.1. The van der Waals surface area contributed by atoms with Gasteiger partial charge in [0.1, 0.15) is 55.6 Å². The number of benzene rings is 3. The van der Waals surface area contributed by atoms with E-state index in [0.29, 0.717) is 11.7 Å². The highest BCUT2D eigenvalue weighted by molar-refractivity contribution is 5.54. The zero-order chi connectivity index (χ0) is 34.8. The van der Waals surface area contributed by atoms with Crippen molar-refractivity contribution >= 4 is 11.4 Å². The van der Waals surface area contributed by atoms with E-state index in [-0.39, 0.29) is 37.1 Å². The Labute approximate surface area is 288 Å². The van der Waals surface area contributed by atoms with Crippen molar-refractivity contribution in [3.05, 3.63) is 113 Å². The molecule has 0 N–H and O–H groups in total. The first-order valence-corrected chi connectivity index (χ1v) is 16.8. The van der Waals surface area contributed by atoms with Gasteiger partial charge in [0, 0.05) is 49.2 Å². The number of rotatable bonds is 11. The maximum Gasteiger partial charge on any atom is 0.350 e. The largest absolute Gasteiger partial charge is 0.491 e. The molecular weight excluding hydrogens is 646 g/mol. The van der Waals surface area contributed by atoms with Crippen LogP contribution in [0.25, 0.3) is 5.69 Å². The lowest BCUT2D eigenvalue weighted by Crippen LogP contribution is -2.46. The molecule has 2 fully saturated rings. The predicted octanol–water partition coefficient (Wildman–Crippen LogP) is 4.79. The first-order valence-electron chi connectivity index (χ1n) is 16.8. The van der Waals surface area contributed by atoms with E-state index in [9.17, 15) is 13.6 Å². The number of hydrogen-bond acceptors (Lipinski definition) is 9. The topological polar surface area (TPSA) is 105 Å². The molecule has 0 bridgehead atoms. The molecule has 2 aliphatic rings. The first-order chi connectivity index (χ1) is 24.2. The van der Waals surface area contributed by atoms with Crippen LogP contribution in [0.15, 0.2) is 90.5 Å². The van der Waals surface area contributed by atoms with E-state index in [4.69, 9.17) is 14.2 Å². The van der Waals surface area contributed by atoms with Gasteiger partial charge in [-0.05, 0) is 73.5 Å². The van der Waals surface area contributed by atoms with Crippen LogP contribution in [-0.2, 0) is 21.8 Å². The Bertz CT molecular complexity index is 1940. The number of ether oxygens (including phenoxy) is 3. The minimum absolute atomic E-state index is 0.0196. The maximum absolute atomic E-state index is 14.9. The summed E-state index contributed by atoms with van der Waals surface area (Å²) in [6, 6.07) is 19.3. The number of hydrogen-bond donors (Lipinski definition) is 0. The van der Waals surface area contributed by atoms with Crippen molar-refractivity contribution in [3.8, 4) is 11.4 Å². The van der Waals surface area contributed by atoms with E-state index in [1.807, 2.05) is 43.3 Å². The van der Waals surface area contributed by atoms with Crippen molar-refractivity contribution in [1.29, 1.82) is 0 Å². The molecule has 262 valence electrons. The predicted molar refractivity (Wildman–Crippen MR) is 183 cm³/mol. The van der Waals surface area contributed by atoms with E-state index in [2.05, 4.69) is 51.0 Å². The Morgan fingerprint density at radius 1 is 0.880 bits per heavy atom. The molecule has 0 aliphatic carbocycles. The van der Waals surface area contributed by atoms with Gasteiger partial charge in [-0.3, -0.25) is 0 Å². The molecule has 12 nitrogen and oxygen atoms in total. The summed E-state index contributed by atoms with van der Waals surface area (Å²) in [7, 11) is 0. The molecule has 0 saturated carbocycles. The summed E-state index contributed by atoms with van der Waals surface area (Å²) < 4.78 is 51.5. The van der Waals surface area contributed by atoms with Crippen LogP contribution < -0.4 is 20.2 Å². The van der Waals surface area contributed by atoms with Gasteiger partial charge in [-0.2, -0.15) is 10.2 Å². The molecule has 0 radical (unpaired) electrons. The second-order valence-corrected chi connectivity index (χ2v) is 13.0. The van der Waals surface area contributed by atoms with E-state index < -0.39 is 23.5 Å². The fraction of sp³-hybridized carbons (Fsp3) is 0.389. The number of nitrogens with zero attached hydrogens (tertiary/aromatic N) is 8. The fourth-order valence-corrected chi connectivity index (χ4v) is 6.33. The average Bonchev–Trinajstić information content (AvgIpc) is 3.88. The average molecular weight is 687 g/mol. The van der Waals surface area contributed by atoms with Gasteiger partial charge < -0.3 is 24.0 Å². The third-order valence-corrected chi connectivity index (χ3v) is 9.49. The summed E-state index contributed by atoms with van der Waals surface area (Å²) in [6.45, 7) is 9.93. The zero-order valence-electron chi connectivity index (χ0n) is 28.2. The first kappa shape index (κ1) is 33.4. The van der Waals surface area contributed by atoms with Crippen LogP contribution in [0.3, 0.4) is 0 Å². The molecule has 2 aliphatic heterocycles. The highest BCUT2D eigenvalue weighted by Crippen LogP contribution is 2.38. The SMILES string of the molecule is CC(C)C(C)n1ncn(-c2ccc(N3CCN(c4ccc(OC[C@@H]5CO[C@@](Cn6cncn6)(c6ccc(F)cc6F)O5)cc4)CC3)cc2)c1=O. The zero-order valence-corrected chi connectivity index (χ0v) is 28.2. The van der Waals surface area contributed by atoms with Crippen LogP contribution in [0.4, 0.5) is 20.2 Å². The van der Waals surface area contributed by atoms with Gasteiger partial charge in [0.2, 0.25) is 5.79 Å². The van der Waals surface area contributed by atoms with Crippen molar-refractivity contribution in [2.45, 2.75) is 45.2 Å². The van der Waals surface area contributed by atoms with Gasteiger partial charge in [0.15, 0.2) is 0 Å². The Hall–Kier alpha value is -5.08. The molecule has 3 atom stereocenters. The van der Waals surface area contributed by atoms with Crippen molar-refractivity contribution in [2.24, 2.45) is 5.92 Å². The fourth-order valence-electron chi connectivity index (χ4n) is 6.33. The minimum atomic E-state index is -1.51. The lowest BCUT2D eigenvalue weighted by atomic mass is 10.0. The normalized spacial score (nSPS) is 20.1. The van der Waals surface area contributed by atoms with Gasteiger partial charge in [0.25, 0.3) is 0 Å². The van der Waals surface area contributed by atoms with E-state index in [1.165, 1.54) is 29.5 Å². The Kier molecular flexibility index (Phi) is 9.38. The van der Waals surface area contributed by atoms with E-state index >= 15 is 0 Å². The smallest absolute Gasteiger partial charge is 0.350 e. The van der Waals surface area contributed by atoms with Crippen molar-refractivity contribution in [3.63, 3.8) is 0 Å². The highest BCUT2D eigenvalue weighted by Gasteiger charge is 2.46. The number of halogens is 2. The second kappa shape index (κ2) is 14.0. The number of anilines is 2. The molecule has 1 unspecified atom stereocenters. The van der Waals surface area contributed by atoms with E-state index in [0.717, 1.165) is 49.3 Å². The van der Waals surface area contributed by atoms with Crippen molar-refractivity contribution in [1.82, 2.24) is 29.1 Å². The van der Waals surface area contributed by atoms with Crippen LogP contribution in [0, 0.1) is 17.6 Å². The monoisotopic (exact) mass is 686 g/mol. The van der Waals surface area contributed by atoms with Crippen molar-refractivity contribution in [2.75, 3.05) is 49.2 Å². The van der Waals surface area contributed by atoms with Gasteiger partial charge >= 0.3 is 5.69 Å². The number of piperazine rings is 1. The lowest BCUT2D eigenvalue weighted by Gasteiger charge is -2.37. The molecule has 2 saturated heterocycles. The summed E-state index contributed by atoms with van der Waals surface area (Å²) >= 11 is 0. The molecule has 3 aromatic carbocycles. The molecule has 2 aromatic heterocycles. The second-order valence-electron chi connectivity index (χ2n) is 13.0. The van der Waals surface area contributed by atoms with Crippen LogP contribution in [0.2, 0.25) is 0 Å². The molecule has 4 heterocycles. The van der Waals surface area contributed by atoms with Crippen LogP contribution >= 0.6 is 0 Å². The summed E-state index contributed by atoms with van der Waals surface area (Å²) in [5.41, 5.74) is 2.94. The maximum atomic E-state index is 14.9. The third-order valence-electron chi connectivity index (χ3n) is 9.49. The van der Waals surface area contributed by atoms with Crippen molar-refractivity contribution < 1.29 is 23.0 Å². The van der Waals surface area contributed by atoms with Crippen LogP contribution in [0.1, 0.15) is 32.4 Å². The summed E-state index contributed by atoms with van der Waals surface area (Å²) in [6.07, 6.45) is 3.93. The third kappa shape index (κ3) is 6.85.